The molecule has 0 atom stereocenters. The van der Waals surface area contributed by atoms with Crippen LogP contribution in [0.2, 0.25) is 0 Å². The van der Waals surface area contributed by atoms with Gasteiger partial charge < -0.3 is 4.57 Å². The number of rotatable bonds is 3. The first kappa shape index (κ1) is 25.9. The molecule has 0 aliphatic rings. The molecule has 4 heteroatoms. The van der Waals surface area contributed by atoms with Gasteiger partial charge in [0.25, 0.3) is 0 Å². The van der Waals surface area contributed by atoms with Crippen molar-refractivity contribution in [1.82, 2.24) is 19.5 Å². The van der Waals surface area contributed by atoms with E-state index < -0.39 is 0 Å². The molecule has 0 spiro atoms. The molecule has 0 saturated carbocycles. The Hall–Kier alpha value is -6.39. The highest BCUT2D eigenvalue weighted by atomic mass is 15.0. The van der Waals surface area contributed by atoms with Gasteiger partial charge in [0.2, 0.25) is 0 Å². The molecular weight excluding hydrogens is 573 g/mol. The highest BCUT2D eigenvalue weighted by Crippen LogP contribution is 2.38. The molecule has 0 aliphatic carbocycles. The van der Waals surface area contributed by atoms with Gasteiger partial charge in [0.1, 0.15) is 0 Å². The van der Waals surface area contributed by atoms with Crippen molar-refractivity contribution >= 4 is 65.2 Å². The number of benzene rings is 7. The lowest BCUT2D eigenvalue weighted by molar-refractivity contribution is 1.19. The van der Waals surface area contributed by atoms with Gasteiger partial charge in [0.05, 0.1) is 16.7 Å². The summed E-state index contributed by atoms with van der Waals surface area (Å²) in [5.74, 6) is 0.669. The molecule has 47 heavy (non-hydrogen) atoms. The number of hydrogen-bond acceptors (Lipinski definition) is 3. The van der Waals surface area contributed by atoms with Gasteiger partial charge in [-0.05, 0) is 86.9 Å². The van der Waals surface area contributed by atoms with Crippen LogP contribution in [0.1, 0.15) is 0 Å². The van der Waals surface area contributed by atoms with Crippen LogP contribution in [0.15, 0.2) is 158 Å². The Morgan fingerprint density at radius 2 is 1.00 bits per heavy atom. The largest absolute Gasteiger partial charge is 0.309 e. The average Bonchev–Trinajstić information content (AvgIpc) is 3.44. The van der Waals surface area contributed by atoms with Crippen molar-refractivity contribution in [2.24, 2.45) is 0 Å². The fourth-order valence-corrected chi connectivity index (χ4v) is 7.08. The van der Waals surface area contributed by atoms with E-state index >= 15 is 0 Å². The van der Waals surface area contributed by atoms with Crippen molar-refractivity contribution in [2.75, 3.05) is 0 Å². The molecular formula is C43H26N4. The zero-order valence-corrected chi connectivity index (χ0v) is 25.3. The summed E-state index contributed by atoms with van der Waals surface area (Å²) < 4.78 is 2.42. The standard InChI is InChI=1S/C43H26N4/c1-2-9-27(10-3-1)41-36-15-8-20-44-43(36)46-42(45-41)34-17-16-33-22-35(19-18-32(33)21-34)47-39-25-30-13-6-4-11-28(30)23-37(39)38-24-29-12-5-7-14-31(29)26-40(38)47/h1-26H. The number of fused-ring (bicyclic) bond motifs is 7. The van der Waals surface area contributed by atoms with Crippen LogP contribution in [-0.2, 0) is 0 Å². The minimum Gasteiger partial charge on any atom is -0.309 e. The van der Waals surface area contributed by atoms with E-state index in [2.05, 4.69) is 131 Å². The number of pyridine rings is 1. The van der Waals surface area contributed by atoms with Crippen molar-refractivity contribution in [3.05, 3.63) is 158 Å². The van der Waals surface area contributed by atoms with Crippen LogP contribution in [0.5, 0.6) is 0 Å². The van der Waals surface area contributed by atoms with Gasteiger partial charge in [-0.2, -0.15) is 0 Å². The lowest BCUT2D eigenvalue weighted by Gasteiger charge is -2.12. The molecule has 3 heterocycles. The van der Waals surface area contributed by atoms with Crippen LogP contribution in [0.25, 0.3) is 93.5 Å². The SMILES string of the molecule is c1ccc(-c2nc(-c3ccc4cc(-n5c6cc7ccccc7cc6c6cc7ccccc7cc65)ccc4c3)nc3ncccc23)cc1. The Morgan fingerprint density at radius 1 is 0.404 bits per heavy atom. The van der Waals surface area contributed by atoms with Crippen LogP contribution >= 0.6 is 0 Å². The summed E-state index contributed by atoms with van der Waals surface area (Å²) in [6.07, 6.45) is 1.79. The average molecular weight is 599 g/mol. The highest BCUT2D eigenvalue weighted by Gasteiger charge is 2.16. The Kier molecular flexibility index (Phi) is 5.54. The fraction of sp³-hybridized carbons (Fsp3) is 0. The smallest absolute Gasteiger partial charge is 0.163 e. The second kappa shape index (κ2) is 10.1. The Morgan fingerprint density at radius 3 is 1.70 bits per heavy atom. The van der Waals surface area contributed by atoms with Crippen LogP contribution in [0.3, 0.4) is 0 Å². The Bertz CT molecular complexity index is 2760. The maximum atomic E-state index is 5.07. The van der Waals surface area contributed by atoms with E-state index in [4.69, 9.17) is 9.97 Å². The second-order valence-electron chi connectivity index (χ2n) is 12.2. The molecule has 0 saturated heterocycles. The molecule has 10 rings (SSSR count). The summed E-state index contributed by atoms with van der Waals surface area (Å²) in [7, 11) is 0. The first-order valence-corrected chi connectivity index (χ1v) is 15.9. The predicted octanol–water partition coefficient (Wildman–Crippen LogP) is 10.9. The molecule has 0 N–H and O–H groups in total. The molecule has 0 amide bonds. The van der Waals surface area contributed by atoms with Crippen LogP contribution in [0, 0.1) is 0 Å². The van der Waals surface area contributed by atoms with E-state index in [-0.39, 0.29) is 0 Å². The van der Waals surface area contributed by atoms with Gasteiger partial charge in [-0.25, -0.2) is 15.0 Å². The van der Waals surface area contributed by atoms with E-state index in [0.29, 0.717) is 11.5 Å². The molecule has 0 bridgehead atoms. The van der Waals surface area contributed by atoms with Crippen LogP contribution in [-0.4, -0.2) is 19.5 Å². The third-order valence-corrected chi connectivity index (χ3v) is 9.36. The van der Waals surface area contributed by atoms with Gasteiger partial charge in [-0.15, -0.1) is 0 Å². The minimum atomic E-state index is 0.669. The number of aromatic nitrogens is 4. The second-order valence-corrected chi connectivity index (χ2v) is 12.2. The summed E-state index contributed by atoms with van der Waals surface area (Å²) in [5.41, 5.74) is 7.13. The molecule has 3 aromatic heterocycles. The van der Waals surface area contributed by atoms with Crippen LogP contribution < -0.4 is 0 Å². The lowest BCUT2D eigenvalue weighted by atomic mass is 10.0. The third-order valence-electron chi connectivity index (χ3n) is 9.36. The topological polar surface area (TPSA) is 43.6 Å². The number of nitrogens with zero attached hydrogens (tertiary/aromatic N) is 4. The molecule has 0 aliphatic heterocycles. The van der Waals surface area contributed by atoms with Gasteiger partial charge in [0, 0.05) is 39.2 Å². The lowest BCUT2D eigenvalue weighted by Crippen LogP contribution is -1.97. The summed E-state index contributed by atoms with van der Waals surface area (Å²) in [6.45, 7) is 0. The molecule has 10 aromatic rings. The highest BCUT2D eigenvalue weighted by molar-refractivity contribution is 6.16. The van der Waals surface area contributed by atoms with E-state index in [1.165, 1.54) is 43.4 Å². The zero-order chi connectivity index (χ0) is 30.9. The van der Waals surface area contributed by atoms with Crippen molar-refractivity contribution in [1.29, 1.82) is 0 Å². The summed E-state index contributed by atoms with van der Waals surface area (Å²) in [6, 6.07) is 54.1. The molecule has 0 fully saturated rings. The summed E-state index contributed by atoms with van der Waals surface area (Å²) >= 11 is 0. The van der Waals surface area contributed by atoms with Crippen LogP contribution in [0.4, 0.5) is 0 Å². The maximum absolute atomic E-state index is 5.07. The molecule has 4 nitrogen and oxygen atoms in total. The van der Waals surface area contributed by atoms with Gasteiger partial charge in [-0.3, -0.25) is 0 Å². The summed E-state index contributed by atoms with van der Waals surface area (Å²) in [5, 5.41) is 10.7. The van der Waals surface area contributed by atoms with Crippen molar-refractivity contribution < 1.29 is 0 Å². The summed E-state index contributed by atoms with van der Waals surface area (Å²) in [4.78, 5) is 14.5. The van der Waals surface area contributed by atoms with E-state index in [1.807, 2.05) is 30.3 Å². The first-order chi connectivity index (χ1) is 23.3. The van der Waals surface area contributed by atoms with Gasteiger partial charge in [0.15, 0.2) is 11.5 Å². The van der Waals surface area contributed by atoms with E-state index in [9.17, 15) is 0 Å². The third kappa shape index (κ3) is 4.12. The quantitative estimate of drug-likeness (QED) is 0.203. The van der Waals surface area contributed by atoms with Gasteiger partial charge in [-0.1, -0.05) is 97.1 Å². The molecule has 0 radical (unpaired) electrons. The predicted molar refractivity (Wildman–Crippen MR) is 195 cm³/mol. The van der Waals surface area contributed by atoms with E-state index in [1.54, 1.807) is 6.20 Å². The number of hydrogen-bond donors (Lipinski definition) is 0. The molecule has 7 aromatic carbocycles. The van der Waals surface area contributed by atoms with Crippen molar-refractivity contribution in [2.45, 2.75) is 0 Å². The molecule has 0 unspecified atom stereocenters. The van der Waals surface area contributed by atoms with Crippen molar-refractivity contribution in [3.8, 4) is 28.3 Å². The fourth-order valence-electron chi connectivity index (χ4n) is 7.08. The Labute approximate surface area is 270 Å². The minimum absolute atomic E-state index is 0.669. The first-order valence-electron chi connectivity index (χ1n) is 15.9. The van der Waals surface area contributed by atoms with Gasteiger partial charge >= 0.3 is 0 Å². The Balaban J connectivity index is 1.16. The normalized spacial score (nSPS) is 11.8. The zero-order valence-electron chi connectivity index (χ0n) is 25.3. The van der Waals surface area contributed by atoms with E-state index in [0.717, 1.165) is 38.7 Å². The van der Waals surface area contributed by atoms with Crippen molar-refractivity contribution in [3.63, 3.8) is 0 Å². The monoisotopic (exact) mass is 598 g/mol. The maximum Gasteiger partial charge on any atom is 0.163 e. The molecule has 218 valence electrons.